The van der Waals surface area contributed by atoms with Gasteiger partial charge in [0, 0.05) is 17.1 Å². The molecule has 0 aromatic rings. The minimum Gasteiger partial charge on any atom is -0.393 e. The van der Waals surface area contributed by atoms with Crippen LogP contribution in [0.5, 0.6) is 0 Å². The zero-order valence-electron chi connectivity index (χ0n) is 4.86. The van der Waals surface area contributed by atoms with Crippen molar-refractivity contribution in [1.29, 1.82) is 0 Å². The number of aliphatic hydroxyl groups excluding tert-OH is 1. The quantitative estimate of drug-likeness (QED) is 0.534. The molecule has 1 nitrogen and oxygen atoms in total. The van der Waals surface area contributed by atoms with E-state index < -0.39 is 0 Å². The molecule has 0 aromatic heterocycles. The Morgan fingerprint density at radius 1 is 1.00 bits per heavy atom. The maximum atomic E-state index is 8.91. The van der Waals surface area contributed by atoms with Crippen LogP contribution in [0.3, 0.4) is 0 Å². The van der Waals surface area contributed by atoms with Gasteiger partial charge in [-0.25, -0.2) is 0 Å². The Labute approximate surface area is 60.9 Å². The van der Waals surface area contributed by atoms with Crippen molar-refractivity contribution < 1.29 is 22.2 Å². The maximum absolute atomic E-state index is 8.91. The second kappa shape index (κ2) is 4.37. The smallest absolute Gasteiger partial charge is 0.0540 e. The van der Waals surface area contributed by atoms with E-state index in [2.05, 4.69) is 0 Å². The molecule has 0 unspecified atom stereocenters. The standard InChI is InChI=1S/C6H12O.Cu/c7-6-4-2-1-3-5-6;/h6-7H,1-5H2;. The van der Waals surface area contributed by atoms with E-state index in [1.165, 1.54) is 19.3 Å². The molecule has 2 heteroatoms. The molecule has 0 heterocycles. The number of aliphatic hydroxyl groups is 1. The predicted octanol–water partition coefficient (Wildman–Crippen LogP) is 1.31. The fourth-order valence-electron chi connectivity index (χ4n) is 1.08. The van der Waals surface area contributed by atoms with Crippen molar-refractivity contribution >= 4 is 0 Å². The van der Waals surface area contributed by atoms with E-state index in [4.69, 9.17) is 5.11 Å². The van der Waals surface area contributed by atoms with Crippen LogP contribution in [0.4, 0.5) is 0 Å². The van der Waals surface area contributed by atoms with E-state index in [1.54, 1.807) is 0 Å². The van der Waals surface area contributed by atoms with E-state index in [-0.39, 0.29) is 23.2 Å². The molecule has 0 atom stereocenters. The van der Waals surface area contributed by atoms with Gasteiger partial charge in [-0.1, -0.05) is 19.3 Å². The Hall–Kier alpha value is 0.479. The third-order valence-electron chi connectivity index (χ3n) is 1.57. The molecular formula is C6H12CuO. The van der Waals surface area contributed by atoms with Crippen molar-refractivity contribution in [2.24, 2.45) is 0 Å². The molecule has 0 amide bonds. The summed E-state index contributed by atoms with van der Waals surface area (Å²) in [6.07, 6.45) is 5.92. The van der Waals surface area contributed by atoms with Gasteiger partial charge in [0.1, 0.15) is 0 Å². The summed E-state index contributed by atoms with van der Waals surface area (Å²) < 4.78 is 0. The van der Waals surface area contributed by atoms with Crippen molar-refractivity contribution in [2.75, 3.05) is 0 Å². The Morgan fingerprint density at radius 2 is 1.50 bits per heavy atom. The molecule has 8 heavy (non-hydrogen) atoms. The molecule has 1 aliphatic carbocycles. The largest absolute Gasteiger partial charge is 0.393 e. The Balaban J connectivity index is 0.000000490. The summed E-state index contributed by atoms with van der Waals surface area (Å²) in [6.45, 7) is 0. The topological polar surface area (TPSA) is 20.2 Å². The Kier molecular flexibility index (Phi) is 4.63. The van der Waals surface area contributed by atoms with E-state index in [9.17, 15) is 0 Å². The molecule has 0 spiro atoms. The fourth-order valence-corrected chi connectivity index (χ4v) is 1.08. The maximum Gasteiger partial charge on any atom is 0.0540 e. The van der Waals surface area contributed by atoms with Crippen LogP contribution in [-0.2, 0) is 17.1 Å². The summed E-state index contributed by atoms with van der Waals surface area (Å²) in [5, 5.41) is 8.91. The van der Waals surface area contributed by atoms with Gasteiger partial charge in [0.25, 0.3) is 0 Å². The van der Waals surface area contributed by atoms with Gasteiger partial charge in [-0.05, 0) is 12.8 Å². The summed E-state index contributed by atoms with van der Waals surface area (Å²) in [5.74, 6) is 0. The zero-order chi connectivity index (χ0) is 5.11. The van der Waals surface area contributed by atoms with Crippen LogP contribution in [0.15, 0.2) is 0 Å². The molecule has 0 bridgehead atoms. The predicted molar refractivity (Wildman–Crippen MR) is 29.1 cm³/mol. The average Bonchev–Trinajstić information content (AvgIpc) is 1.69. The Morgan fingerprint density at radius 3 is 1.75 bits per heavy atom. The Bertz CT molecular complexity index is 50.5. The van der Waals surface area contributed by atoms with Crippen LogP contribution >= 0.6 is 0 Å². The van der Waals surface area contributed by atoms with Crippen LogP contribution in [0.1, 0.15) is 32.1 Å². The van der Waals surface area contributed by atoms with Crippen LogP contribution in [0.25, 0.3) is 0 Å². The third kappa shape index (κ3) is 2.71. The molecule has 1 aliphatic rings. The van der Waals surface area contributed by atoms with Crippen LogP contribution in [-0.4, -0.2) is 11.2 Å². The van der Waals surface area contributed by atoms with Gasteiger partial charge in [0.05, 0.1) is 6.10 Å². The second-order valence-corrected chi connectivity index (χ2v) is 2.29. The summed E-state index contributed by atoms with van der Waals surface area (Å²) >= 11 is 0. The molecule has 0 saturated heterocycles. The van der Waals surface area contributed by atoms with Gasteiger partial charge in [0.15, 0.2) is 0 Å². The van der Waals surface area contributed by atoms with E-state index in [0.29, 0.717) is 0 Å². The van der Waals surface area contributed by atoms with Crippen molar-refractivity contribution in [3.8, 4) is 0 Å². The van der Waals surface area contributed by atoms with Crippen LogP contribution in [0.2, 0.25) is 0 Å². The minimum atomic E-state index is 0. The van der Waals surface area contributed by atoms with Crippen molar-refractivity contribution in [1.82, 2.24) is 0 Å². The minimum absolute atomic E-state index is 0. The van der Waals surface area contributed by atoms with Crippen molar-refractivity contribution in [3.05, 3.63) is 0 Å². The summed E-state index contributed by atoms with van der Waals surface area (Å²) in [6, 6.07) is 0. The fraction of sp³-hybridized carbons (Fsp3) is 1.00. The van der Waals surface area contributed by atoms with Crippen LogP contribution in [0, 0.1) is 0 Å². The number of rotatable bonds is 0. The summed E-state index contributed by atoms with van der Waals surface area (Å²) in [7, 11) is 0. The van der Waals surface area contributed by atoms with Gasteiger partial charge in [-0.2, -0.15) is 0 Å². The molecular weight excluding hydrogens is 152 g/mol. The molecule has 1 fully saturated rings. The summed E-state index contributed by atoms with van der Waals surface area (Å²) in [5.41, 5.74) is 0. The zero-order valence-corrected chi connectivity index (χ0v) is 5.80. The monoisotopic (exact) mass is 163 g/mol. The van der Waals surface area contributed by atoms with Crippen molar-refractivity contribution in [2.45, 2.75) is 38.2 Å². The average molecular weight is 164 g/mol. The van der Waals surface area contributed by atoms with Gasteiger partial charge >= 0.3 is 0 Å². The van der Waals surface area contributed by atoms with Gasteiger partial charge in [0.2, 0.25) is 0 Å². The van der Waals surface area contributed by atoms with Gasteiger partial charge in [-0.3, -0.25) is 0 Å². The SMILES string of the molecule is OC1CCCCC1.[Cu]. The van der Waals surface area contributed by atoms with Crippen LogP contribution < -0.4 is 0 Å². The molecule has 53 valence electrons. The first-order valence-electron chi connectivity index (χ1n) is 3.07. The first-order valence-corrected chi connectivity index (χ1v) is 3.07. The molecule has 1 N–H and O–H groups in total. The first kappa shape index (κ1) is 8.48. The second-order valence-electron chi connectivity index (χ2n) is 2.29. The molecule has 1 saturated carbocycles. The van der Waals surface area contributed by atoms with Crippen molar-refractivity contribution in [3.63, 3.8) is 0 Å². The van der Waals surface area contributed by atoms with E-state index >= 15 is 0 Å². The van der Waals surface area contributed by atoms with Gasteiger partial charge in [-0.15, -0.1) is 0 Å². The molecule has 0 aliphatic heterocycles. The van der Waals surface area contributed by atoms with E-state index in [1.807, 2.05) is 0 Å². The van der Waals surface area contributed by atoms with Gasteiger partial charge < -0.3 is 5.11 Å². The summed E-state index contributed by atoms with van der Waals surface area (Å²) in [4.78, 5) is 0. The van der Waals surface area contributed by atoms with E-state index in [0.717, 1.165) is 12.8 Å². The normalized spacial score (nSPS) is 22.1. The number of hydrogen-bond donors (Lipinski definition) is 1. The number of hydrogen-bond acceptors (Lipinski definition) is 1. The third-order valence-corrected chi connectivity index (χ3v) is 1.57. The first-order chi connectivity index (χ1) is 3.39. The molecule has 1 rings (SSSR count). The molecule has 0 aromatic carbocycles. The molecule has 1 radical (unpaired) electrons.